The van der Waals surface area contributed by atoms with Gasteiger partial charge in [0.15, 0.2) is 11.5 Å². The van der Waals surface area contributed by atoms with Crippen molar-refractivity contribution in [1.29, 1.82) is 0 Å². The molecule has 0 bridgehead atoms. The van der Waals surface area contributed by atoms with Gasteiger partial charge in [0.2, 0.25) is 0 Å². The SMILES string of the molecule is COc1ccc(CN(C)C2CCCCCCC2)cc1OC.Cl. The standard InChI is InChI=1S/C18H29NO2.ClH/c1-19(16-9-7-5-4-6-8-10-16)14-15-11-12-17(20-2)18(13-15)21-3;/h11-13,16H,4-10,14H2,1-3H3;1H. The molecule has 1 aromatic carbocycles. The van der Waals surface area contributed by atoms with Crippen LogP contribution in [0.5, 0.6) is 11.5 Å². The molecule has 0 heterocycles. The van der Waals surface area contributed by atoms with E-state index in [9.17, 15) is 0 Å². The average molecular weight is 328 g/mol. The molecule has 1 aliphatic rings. The summed E-state index contributed by atoms with van der Waals surface area (Å²) in [6.07, 6.45) is 9.66. The highest BCUT2D eigenvalue weighted by molar-refractivity contribution is 5.85. The molecule has 0 amide bonds. The van der Waals surface area contributed by atoms with Crippen molar-refractivity contribution >= 4 is 12.4 Å². The van der Waals surface area contributed by atoms with Gasteiger partial charge in [-0.05, 0) is 37.6 Å². The Morgan fingerprint density at radius 3 is 2.14 bits per heavy atom. The zero-order valence-corrected chi connectivity index (χ0v) is 15.0. The Bertz CT molecular complexity index is 431. The summed E-state index contributed by atoms with van der Waals surface area (Å²) in [7, 11) is 5.63. The number of hydrogen-bond donors (Lipinski definition) is 0. The van der Waals surface area contributed by atoms with E-state index in [1.807, 2.05) is 6.07 Å². The molecule has 2 rings (SSSR count). The van der Waals surface area contributed by atoms with E-state index in [0.717, 1.165) is 24.1 Å². The Morgan fingerprint density at radius 2 is 1.55 bits per heavy atom. The highest BCUT2D eigenvalue weighted by atomic mass is 35.5. The third-order valence-electron chi connectivity index (χ3n) is 4.58. The van der Waals surface area contributed by atoms with Crippen LogP contribution in [0.4, 0.5) is 0 Å². The topological polar surface area (TPSA) is 21.7 Å². The van der Waals surface area contributed by atoms with Gasteiger partial charge >= 0.3 is 0 Å². The van der Waals surface area contributed by atoms with Gasteiger partial charge in [0.1, 0.15) is 0 Å². The third kappa shape index (κ3) is 5.36. The maximum Gasteiger partial charge on any atom is 0.161 e. The molecule has 0 aliphatic heterocycles. The van der Waals surface area contributed by atoms with E-state index in [4.69, 9.17) is 9.47 Å². The lowest BCUT2D eigenvalue weighted by atomic mass is 9.95. The van der Waals surface area contributed by atoms with E-state index in [0.29, 0.717) is 0 Å². The van der Waals surface area contributed by atoms with Crippen LogP contribution in [0.25, 0.3) is 0 Å². The van der Waals surface area contributed by atoms with Crippen LogP contribution in [0.3, 0.4) is 0 Å². The molecule has 0 aromatic heterocycles. The van der Waals surface area contributed by atoms with Gasteiger partial charge in [0, 0.05) is 12.6 Å². The molecule has 1 aliphatic carbocycles. The Balaban J connectivity index is 0.00000242. The molecule has 0 N–H and O–H groups in total. The predicted molar refractivity (Wildman–Crippen MR) is 94.4 cm³/mol. The molecule has 0 radical (unpaired) electrons. The summed E-state index contributed by atoms with van der Waals surface area (Å²) in [4.78, 5) is 2.51. The van der Waals surface area contributed by atoms with E-state index in [1.165, 1.54) is 50.5 Å². The van der Waals surface area contributed by atoms with Gasteiger partial charge in [0.25, 0.3) is 0 Å². The minimum atomic E-state index is 0. The minimum Gasteiger partial charge on any atom is -0.493 e. The van der Waals surface area contributed by atoms with Gasteiger partial charge in [0.05, 0.1) is 14.2 Å². The second kappa shape index (κ2) is 9.96. The van der Waals surface area contributed by atoms with Crippen molar-refractivity contribution in [2.24, 2.45) is 0 Å². The van der Waals surface area contributed by atoms with Crippen molar-refractivity contribution in [2.45, 2.75) is 57.5 Å². The lowest BCUT2D eigenvalue weighted by Crippen LogP contribution is -2.31. The summed E-state index contributed by atoms with van der Waals surface area (Å²) in [6.45, 7) is 0.977. The second-order valence-corrected chi connectivity index (χ2v) is 6.10. The zero-order valence-electron chi connectivity index (χ0n) is 14.1. The van der Waals surface area contributed by atoms with E-state index >= 15 is 0 Å². The summed E-state index contributed by atoms with van der Waals surface area (Å²) in [5.41, 5.74) is 1.29. The minimum absolute atomic E-state index is 0. The Hall–Kier alpha value is -0.930. The maximum atomic E-state index is 5.40. The van der Waals surface area contributed by atoms with Gasteiger partial charge in [-0.3, -0.25) is 4.90 Å². The fraction of sp³-hybridized carbons (Fsp3) is 0.667. The number of rotatable bonds is 5. The Labute approximate surface area is 141 Å². The molecule has 126 valence electrons. The molecule has 4 heteroatoms. The molecule has 1 fully saturated rings. The number of halogens is 1. The van der Waals surface area contributed by atoms with Crippen LogP contribution in [0.2, 0.25) is 0 Å². The number of nitrogens with zero attached hydrogens (tertiary/aromatic N) is 1. The van der Waals surface area contributed by atoms with Crippen molar-refractivity contribution in [3.8, 4) is 11.5 Å². The first kappa shape index (κ1) is 19.1. The number of benzene rings is 1. The molecule has 0 spiro atoms. The van der Waals surface area contributed by atoms with Crippen molar-refractivity contribution in [1.82, 2.24) is 4.90 Å². The predicted octanol–water partition coefficient (Wildman–Crippen LogP) is 4.67. The fourth-order valence-corrected chi connectivity index (χ4v) is 3.27. The van der Waals surface area contributed by atoms with E-state index in [-0.39, 0.29) is 12.4 Å². The van der Waals surface area contributed by atoms with Crippen molar-refractivity contribution in [2.75, 3.05) is 21.3 Å². The van der Waals surface area contributed by atoms with Crippen LogP contribution < -0.4 is 9.47 Å². The molecular formula is C18H30ClNO2. The highest BCUT2D eigenvalue weighted by Gasteiger charge is 2.17. The summed E-state index contributed by atoms with van der Waals surface area (Å²) < 4.78 is 10.7. The summed E-state index contributed by atoms with van der Waals surface area (Å²) in [6, 6.07) is 6.96. The monoisotopic (exact) mass is 327 g/mol. The Kier molecular flexibility index (Phi) is 8.66. The van der Waals surface area contributed by atoms with Crippen LogP contribution in [0.1, 0.15) is 50.5 Å². The van der Waals surface area contributed by atoms with Crippen LogP contribution >= 0.6 is 12.4 Å². The summed E-state index contributed by atoms with van der Waals surface area (Å²) >= 11 is 0. The molecule has 22 heavy (non-hydrogen) atoms. The maximum absolute atomic E-state index is 5.40. The van der Waals surface area contributed by atoms with Gasteiger partial charge in [-0.1, -0.05) is 38.2 Å². The largest absolute Gasteiger partial charge is 0.493 e. The second-order valence-electron chi connectivity index (χ2n) is 6.10. The first-order chi connectivity index (χ1) is 10.2. The van der Waals surface area contributed by atoms with Gasteiger partial charge in [-0.2, -0.15) is 0 Å². The lowest BCUT2D eigenvalue weighted by molar-refractivity contribution is 0.195. The van der Waals surface area contributed by atoms with Gasteiger partial charge < -0.3 is 9.47 Å². The van der Waals surface area contributed by atoms with Crippen LogP contribution in [0.15, 0.2) is 18.2 Å². The fourth-order valence-electron chi connectivity index (χ4n) is 3.27. The van der Waals surface area contributed by atoms with Crippen LogP contribution in [-0.2, 0) is 6.54 Å². The normalized spacial score (nSPS) is 16.5. The summed E-state index contributed by atoms with van der Waals surface area (Å²) in [5.74, 6) is 1.62. The summed E-state index contributed by atoms with van der Waals surface area (Å²) in [5, 5.41) is 0. The Morgan fingerprint density at radius 1 is 0.955 bits per heavy atom. The van der Waals surface area contributed by atoms with Gasteiger partial charge in [-0.15, -0.1) is 12.4 Å². The van der Waals surface area contributed by atoms with Crippen molar-refractivity contribution < 1.29 is 9.47 Å². The third-order valence-corrected chi connectivity index (χ3v) is 4.58. The molecule has 0 saturated heterocycles. The number of ether oxygens (including phenoxy) is 2. The molecule has 0 atom stereocenters. The first-order valence-electron chi connectivity index (χ1n) is 8.15. The molecular weight excluding hydrogens is 298 g/mol. The molecule has 0 unspecified atom stereocenters. The number of hydrogen-bond acceptors (Lipinski definition) is 3. The van der Waals surface area contributed by atoms with E-state index in [1.54, 1.807) is 14.2 Å². The number of methoxy groups -OCH3 is 2. The van der Waals surface area contributed by atoms with E-state index < -0.39 is 0 Å². The van der Waals surface area contributed by atoms with Crippen LogP contribution in [0, 0.1) is 0 Å². The lowest BCUT2D eigenvalue weighted by Gasteiger charge is -2.29. The molecule has 1 aromatic rings. The molecule has 1 saturated carbocycles. The zero-order chi connectivity index (χ0) is 15.1. The van der Waals surface area contributed by atoms with Gasteiger partial charge in [-0.25, -0.2) is 0 Å². The average Bonchev–Trinajstić information content (AvgIpc) is 2.46. The van der Waals surface area contributed by atoms with Crippen LogP contribution in [-0.4, -0.2) is 32.2 Å². The van der Waals surface area contributed by atoms with E-state index in [2.05, 4.69) is 24.1 Å². The highest BCUT2D eigenvalue weighted by Crippen LogP contribution is 2.29. The first-order valence-corrected chi connectivity index (χ1v) is 8.15. The molecule has 3 nitrogen and oxygen atoms in total. The smallest absolute Gasteiger partial charge is 0.161 e. The quantitative estimate of drug-likeness (QED) is 0.784. The van der Waals surface area contributed by atoms with Crippen molar-refractivity contribution in [3.05, 3.63) is 23.8 Å². The van der Waals surface area contributed by atoms with Crippen molar-refractivity contribution in [3.63, 3.8) is 0 Å².